The maximum Gasteiger partial charge on any atom is 0.407 e. The third kappa shape index (κ3) is 5.21. The summed E-state index contributed by atoms with van der Waals surface area (Å²) in [6.07, 6.45) is 4.45. The van der Waals surface area contributed by atoms with Crippen molar-refractivity contribution in [2.24, 2.45) is 0 Å². The number of anilines is 2. The quantitative estimate of drug-likeness (QED) is 0.618. The monoisotopic (exact) mass is 476 g/mol. The first kappa shape index (κ1) is 21.9. The van der Waals surface area contributed by atoms with E-state index in [0.717, 1.165) is 34.9 Å². The third-order valence-corrected chi connectivity index (χ3v) is 5.18. The first-order valence-corrected chi connectivity index (χ1v) is 10.5. The summed E-state index contributed by atoms with van der Waals surface area (Å²) in [5, 5.41) is 15.2. The number of carbonyl (C=O) groups excluding carboxylic acids is 2. The molecule has 2 amide bonds. The number of aromatic nitrogens is 2. The van der Waals surface area contributed by atoms with Crippen LogP contribution in [0.5, 0.6) is 0 Å². The van der Waals surface area contributed by atoms with Crippen LogP contribution in [0.3, 0.4) is 0 Å². The Kier molecular flexibility index (Phi) is 6.51. The summed E-state index contributed by atoms with van der Waals surface area (Å²) in [5.74, 6) is -0.382. The van der Waals surface area contributed by atoms with E-state index in [-0.39, 0.29) is 18.4 Å². The zero-order chi connectivity index (χ0) is 21.9. The van der Waals surface area contributed by atoms with Crippen LogP contribution in [0.2, 0.25) is 0 Å². The highest BCUT2D eigenvalue weighted by atomic mass is 79.9. The normalized spacial score (nSPS) is 16.8. The van der Waals surface area contributed by atoms with Gasteiger partial charge < -0.3 is 25.3 Å². The lowest BCUT2D eigenvalue weighted by Crippen LogP contribution is -2.49. The molecule has 1 unspecified atom stereocenters. The van der Waals surface area contributed by atoms with Gasteiger partial charge in [-0.15, -0.1) is 0 Å². The molecule has 3 rings (SSSR count). The van der Waals surface area contributed by atoms with Crippen LogP contribution in [-0.2, 0) is 9.53 Å². The minimum atomic E-state index is -0.555. The van der Waals surface area contributed by atoms with Crippen molar-refractivity contribution >= 4 is 50.3 Å². The first-order chi connectivity index (χ1) is 14.2. The number of nitrogens with one attached hydrogen (secondary N) is 3. The number of fused-ring (bicyclic) bond motifs is 1. The highest BCUT2D eigenvalue weighted by Crippen LogP contribution is 2.39. The van der Waals surface area contributed by atoms with Gasteiger partial charge in [0.1, 0.15) is 17.7 Å². The van der Waals surface area contributed by atoms with E-state index >= 15 is 0 Å². The Hall–Kier alpha value is -2.80. The number of amides is 2. The minimum Gasteiger partial charge on any atom is -0.444 e. The average Bonchev–Trinajstić information content (AvgIpc) is 3.03. The summed E-state index contributed by atoms with van der Waals surface area (Å²) < 4.78 is 6.16. The van der Waals surface area contributed by atoms with E-state index in [2.05, 4.69) is 41.4 Å². The van der Waals surface area contributed by atoms with Gasteiger partial charge >= 0.3 is 6.09 Å². The van der Waals surface area contributed by atoms with Crippen LogP contribution >= 0.6 is 15.9 Å². The zero-order valence-corrected chi connectivity index (χ0v) is 18.8. The zero-order valence-electron chi connectivity index (χ0n) is 17.2. The van der Waals surface area contributed by atoms with Crippen molar-refractivity contribution < 1.29 is 14.3 Å². The molecule has 0 aliphatic carbocycles. The number of aromatic amines is 1. The molecule has 1 aliphatic heterocycles. The Morgan fingerprint density at radius 3 is 2.93 bits per heavy atom. The van der Waals surface area contributed by atoms with Gasteiger partial charge in [-0.3, -0.25) is 4.79 Å². The van der Waals surface area contributed by atoms with Crippen molar-refractivity contribution in [3.63, 3.8) is 0 Å². The fraction of sp³-hybridized carbons (Fsp3) is 0.500. The van der Waals surface area contributed by atoms with E-state index in [0.29, 0.717) is 17.9 Å². The maximum atomic E-state index is 12.2. The number of nitrogens with zero attached hydrogens (tertiary/aromatic N) is 3. The molecule has 9 nitrogen and oxygen atoms in total. The molecule has 10 heteroatoms. The van der Waals surface area contributed by atoms with Crippen molar-refractivity contribution in [2.45, 2.75) is 51.7 Å². The molecule has 2 aromatic heterocycles. The van der Waals surface area contributed by atoms with E-state index < -0.39 is 11.7 Å². The van der Waals surface area contributed by atoms with Crippen LogP contribution < -0.4 is 15.5 Å². The predicted octanol–water partition coefficient (Wildman–Crippen LogP) is 3.67. The van der Waals surface area contributed by atoms with Gasteiger partial charge in [-0.2, -0.15) is 5.26 Å². The summed E-state index contributed by atoms with van der Waals surface area (Å²) in [5.41, 5.74) is 1.52. The van der Waals surface area contributed by atoms with Crippen molar-refractivity contribution in [1.29, 1.82) is 5.26 Å². The molecule has 1 fully saturated rings. The Morgan fingerprint density at radius 1 is 1.47 bits per heavy atom. The number of rotatable bonds is 4. The second-order valence-corrected chi connectivity index (χ2v) is 9.05. The fourth-order valence-corrected chi connectivity index (χ4v) is 4.05. The van der Waals surface area contributed by atoms with Crippen molar-refractivity contribution in [3.8, 4) is 6.07 Å². The smallest absolute Gasteiger partial charge is 0.407 e. The number of carbonyl (C=O) groups is 2. The molecule has 3 N–H and O–H groups in total. The molecule has 1 saturated heterocycles. The summed E-state index contributed by atoms with van der Waals surface area (Å²) in [6, 6.07) is 1.78. The van der Waals surface area contributed by atoms with E-state index in [1.807, 2.05) is 26.8 Å². The van der Waals surface area contributed by atoms with Crippen LogP contribution in [0.15, 0.2) is 16.9 Å². The SMILES string of the molecule is CC(C)(C)OC(=O)NC1CCCN(c2c(Br)cnc3[nH]cc(NC(=O)CC#N)c23)C1. The van der Waals surface area contributed by atoms with Crippen LogP contribution in [0.4, 0.5) is 16.2 Å². The number of hydrogen-bond acceptors (Lipinski definition) is 6. The average molecular weight is 477 g/mol. The van der Waals surface area contributed by atoms with E-state index in [1.54, 1.807) is 12.4 Å². The number of halogens is 1. The lowest BCUT2D eigenvalue weighted by atomic mass is 10.0. The highest BCUT2D eigenvalue weighted by molar-refractivity contribution is 9.10. The molecule has 0 spiro atoms. The Morgan fingerprint density at radius 2 is 2.23 bits per heavy atom. The molecule has 30 heavy (non-hydrogen) atoms. The van der Waals surface area contributed by atoms with Gasteiger partial charge in [-0.25, -0.2) is 9.78 Å². The second-order valence-electron chi connectivity index (χ2n) is 8.20. The summed E-state index contributed by atoms with van der Waals surface area (Å²) in [4.78, 5) is 33.8. The number of pyridine rings is 1. The van der Waals surface area contributed by atoms with Gasteiger partial charge in [0.15, 0.2) is 0 Å². The molecule has 160 valence electrons. The molecule has 0 aromatic carbocycles. The van der Waals surface area contributed by atoms with Crippen molar-refractivity contribution in [3.05, 3.63) is 16.9 Å². The molecule has 0 saturated carbocycles. The van der Waals surface area contributed by atoms with Crippen LogP contribution in [0.1, 0.15) is 40.0 Å². The van der Waals surface area contributed by atoms with Gasteiger partial charge in [0.2, 0.25) is 5.91 Å². The number of ether oxygens (including phenoxy) is 1. The summed E-state index contributed by atoms with van der Waals surface area (Å²) >= 11 is 3.58. The Bertz CT molecular complexity index is 991. The molecule has 2 aromatic rings. The second kappa shape index (κ2) is 8.92. The molecule has 0 bridgehead atoms. The number of hydrogen-bond donors (Lipinski definition) is 3. The van der Waals surface area contributed by atoms with Crippen LogP contribution in [-0.4, -0.2) is 46.7 Å². The molecular weight excluding hydrogens is 452 g/mol. The number of piperidine rings is 1. The van der Waals surface area contributed by atoms with Gasteiger partial charge in [0, 0.05) is 31.5 Å². The number of H-pyrrole nitrogens is 1. The third-order valence-electron chi connectivity index (χ3n) is 4.60. The van der Waals surface area contributed by atoms with E-state index in [9.17, 15) is 9.59 Å². The highest BCUT2D eigenvalue weighted by Gasteiger charge is 2.27. The number of alkyl carbamates (subject to hydrolysis) is 1. The fourth-order valence-electron chi connectivity index (χ4n) is 3.50. The van der Waals surface area contributed by atoms with E-state index in [1.165, 1.54) is 0 Å². The first-order valence-electron chi connectivity index (χ1n) is 9.75. The molecule has 1 atom stereocenters. The number of nitriles is 1. The summed E-state index contributed by atoms with van der Waals surface area (Å²) in [7, 11) is 0. The minimum absolute atomic E-state index is 0.0701. The lowest BCUT2D eigenvalue weighted by Gasteiger charge is -2.36. The van der Waals surface area contributed by atoms with Crippen LogP contribution in [0.25, 0.3) is 11.0 Å². The molecule has 3 heterocycles. The molecule has 0 radical (unpaired) electrons. The van der Waals surface area contributed by atoms with Gasteiger partial charge in [-0.05, 0) is 49.5 Å². The molecular formula is C20H25BrN6O3. The predicted molar refractivity (Wildman–Crippen MR) is 117 cm³/mol. The Labute approximate surface area is 183 Å². The van der Waals surface area contributed by atoms with E-state index in [4.69, 9.17) is 10.00 Å². The topological polar surface area (TPSA) is 123 Å². The summed E-state index contributed by atoms with van der Waals surface area (Å²) in [6.45, 7) is 6.88. The maximum absolute atomic E-state index is 12.2. The Balaban J connectivity index is 1.85. The van der Waals surface area contributed by atoms with Crippen molar-refractivity contribution in [1.82, 2.24) is 15.3 Å². The van der Waals surface area contributed by atoms with Crippen LogP contribution in [0, 0.1) is 11.3 Å². The molecule has 1 aliphatic rings. The van der Waals surface area contributed by atoms with Gasteiger partial charge in [0.25, 0.3) is 0 Å². The van der Waals surface area contributed by atoms with Gasteiger partial charge in [0.05, 0.1) is 27.3 Å². The van der Waals surface area contributed by atoms with Crippen molar-refractivity contribution in [2.75, 3.05) is 23.3 Å². The standard InChI is InChI=1S/C20H25BrN6O3/c1-20(2,3)30-19(29)25-12-5-4-8-27(11-12)17-13(21)9-23-18-16(17)14(10-24-18)26-15(28)6-7-22/h9-10,12H,4-6,8,11H2,1-3H3,(H,23,24)(H,25,29)(H,26,28). The largest absolute Gasteiger partial charge is 0.444 e. The lowest BCUT2D eigenvalue weighted by molar-refractivity contribution is -0.115. The van der Waals surface area contributed by atoms with Gasteiger partial charge in [-0.1, -0.05) is 0 Å².